The molecule has 4 nitrogen and oxygen atoms in total. The molecule has 102 valence electrons. The van der Waals surface area contributed by atoms with Gasteiger partial charge in [-0.15, -0.1) is 0 Å². The first-order valence-electron chi connectivity index (χ1n) is 6.66. The molecule has 0 amide bonds. The van der Waals surface area contributed by atoms with Crippen molar-refractivity contribution in [3.63, 3.8) is 0 Å². The molecule has 1 heterocycles. The van der Waals surface area contributed by atoms with Crippen LogP contribution in [0.2, 0.25) is 0 Å². The average Bonchev–Trinajstić information content (AvgIpc) is 2.47. The number of morpholine rings is 1. The van der Waals surface area contributed by atoms with Gasteiger partial charge in [0, 0.05) is 18.6 Å². The molecule has 1 N–H and O–H groups in total. The summed E-state index contributed by atoms with van der Waals surface area (Å²) in [5.41, 5.74) is 1.15. The van der Waals surface area contributed by atoms with E-state index in [4.69, 9.17) is 10.00 Å². The maximum absolute atomic E-state index is 9.26. The third kappa shape index (κ3) is 3.32. The molecule has 0 spiro atoms. The second-order valence-corrected chi connectivity index (χ2v) is 4.97. The Bertz CT molecular complexity index is 430. The van der Waals surface area contributed by atoms with E-state index in [0.29, 0.717) is 19.6 Å². The minimum Gasteiger partial charge on any atom is -0.394 e. The number of benzene rings is 1. The summed E-state index contributed by atoms with van der Waals surface area (Å²) in [6, 6.07) is 12.7. The number of ether oxygens (including phenoxy) is 1. The van der Waals surface area contributed by atoms with Crippen molar-refractivity contribution < 1.29 is 9.84 Å². The molecule has 0 saturated carbocycles. The Labute approximate surface area is 114 Å². The lowest BCUT2D eigenvalue weighted by Crippen LogP contribution is -2.50. The third-order valence-electron chi connectivity index (χ3n) is 3.63. The molecule has 3 atom stereocenters. The van der Waals surface area contributed by atoms with Crippen LogP contribution in [0.3, 0.4) is 0 Å². The number of hydrogen-bond acceptors (Lipinski definition) is 4. The van der Waals surface area contributed by atoms with Crippen LogP contribution in [0.4, 0.5) is 0 Å². The van der Waals surface area contributed by atoms with Gasteiger partial charge in [0.1, 0.15) is 0 Å². The van der Waals surface area contributed by atoms with Crippen molar-refractivity contribution in [3.05, 3.63) is 35.9 Å². The molecular formula is C15H20N2O2. The molecule has 1 aliphatic rings. The van der Waals surface area contributed by atoms with Crippen molar-refractivity contribution in [2.45, 2.75) is 31.5 Å². The molecule has 0 aromatic heterocycles. The van der Waals surface area contributed by atoms with Gasteiger partial charge in [-0.05, 0) is 12.5 Å². The SMILES string of the molecule is CC1COC(CO)CN1C(CC#N)c1ccccc1. The molecule has 1 aromatic carbocycles. The van der Waals surface area contributed by atoms with E-state index in [1.807, 2.05) is 18.2 Å². The lowest BCUT2D eigenvalue weighted by Gasteiger charge is -2.41. The number of nitrogens with zero attached hydrogens (tertiary/aromatic N) is 2. The van der Waals surface area contributed by atoms with Gasteiger partial charge in [0.15, 0.2) is 0 Å². The molecular weight excluding hydrogens is 240 g/mol. The minimum atomic E-state index is -0.152. The molecule has 0 aliphatic carbocycles. The zero-order chi connectivity index (χ0) is 13.7. The summed E-state index contributed by atoms with van der Waals surface area (Å²) < 4.78 is 5.56. The fraction of sp³-hybridized carbons (Fsp3) is 0.533. The van der Waals surface area contributed by atoms with Crippen LogP contribution in [0.25, 0.3) is 0 Å². The summed E-state index contributed by atoms with van der Waals surface area (Å²) in [4.78, 5) is 2.27. The monoisotopic (exact) mass is 260 g/mol. The van der Waals surface area contributed by atoms with Gasteiger partial charge in [-0.3, -0.25) is 4.90 Å². The summed E-state index contributed by atoms with van der Waals surface area (Å²) in [5, 5.41) is 18.3. The van der Waals surface area contributed by atoms with Gasteiger partial charge in [-0.2, -0.15) is 5.26 Å². The van der Waals surface area contributed by atoms with Crippen LogP contribution < -0.4 is 0 Å². The Hall–Kier alpha value is -1.41. The quantitative estimate of drug-likeness (QED) is 0.895. The molecule has 0 bridgehead atoms. The van der Waals surface area contributed by atoms with E-state index < -0.39 is 0 Å². The Kier molecular flexibility index (Phi) is 4.92. The van der Waals surface area contributed by atoms with E-state index in [9.17, 15) is 5.11 Å². The molecule has 1 aliphatic heterocycles. The zero-order valence-corrected chi connectivity index (χ0v) is 11.2. The number of hydrogen-bond donors (Lipinski definition) is 1. The zero-order valence-electron chi connectivity index (χ0n) is 11.2. The Morgan fingerprint density at radius 2 is 2.21 bits per heavy atom. The molecule has 1 saturated heterocycles. The second kappa shape index (κ2) is 6.67. The minimum absolute atomic E-state index is 0.0251. The number of nitriles is 1. The first-order chi connectivity index (χ1) is 9.26. The highest BCUT2D eigenvalue weighted by molar-refractivity contribution is 5.20. The van der Waals surface area contributed by atoms with Crippen LogP contribution in [-0.4, -0.2) is 41.9 Å². The van der Waals surface area contributed by atoms with Gasteiger partial charge < -0.3 is 9.84 Å². The largest absolute Gasteiger partial charge is 0.394 e. The van der Waals surface area contributed by atoms with Gasteiger partial charge in [-0.25, -0.2) is 0 Å². The van der Waals surface area contributed by atoms with E-state index in [1.54, 1.807) is 0 Å². The van der Waals surface area contributed by atoms with Crippen molar-refractivity contribution in [1.82, 2.24) is 4.90 Å². The van der Waals surface area contributed by atoms with Crippen LogP contribution in [-0.2, 0) is 4.74 Å². The van der Waals surface area contributed by atoms with Crippen molar-refractivity contribution in [2.24, 2.45) is 0 Å². The van der Waals surface area contributed by atoms with Gasteiger partial charge in [0.25, 0.3) is 0 Å². The summed E-state index contributed by atoms with van der Waals surface area (Å²) in [6.45, 7) is 3.39. The van der Waals surface area contributed by atoms with Gasteiger partial charge in [0.2, 0.25) is 0 Å². The van der Waals surface area contributed by atoms with E-state index >= 15 is 0 Å². The van der Waals surface area contributed by atoms with Gasteiger partial charge in [-0.1, -0.05) is 30.3 Å². The maximum Gasteiger partial charge on any atom is 0.0933 e. The van der Waals surface area contributed by atoms with Gasteiger partial charge in [0.05, 0.1) is 31.8 Å². The summed E-state index contributed by atoms with van der Waals surface area (Å²) in [6.07, 6.45) is 0.299. The maximum atomic E-state index is 9.26. The first kappa shape index (κ1) is 14.0. The Balaban J connectivity index is 2.20. The van der Waals surface area contributed by atoms with Gasteiger partial charge >= 0.3 is 0 Å². The Morgan fingerprint density at radius 1 is 1.47 bits per heavy atom. The van der Waals surface area contributed by atoms with Crippen LogP contribution in [0.1, 0.15) is 24.9 Å². The van der Waals surface area contributed by atoms with Crippen molar-refractivity contribution in [3.8, 4) is 6.07 Å². The fourth-order valence-electron chi connectivity index (χ4n) is 2.57. The fourth-order valence-corrected chi connectivity index (χ4v) is 2.57. The highest BCUT2D eigenvalue weighted by Crippen LogP contribution is 2.28. The molecule has 19 heavy (non-hydrogen) atoms. The number of aliphatic hydroxyl groups is 1. The van der Waals surface area contributed by atoms with E-state index in [0.717, 1.165) is 5.56 Å². The highest BCUT2D eigenvalue weighted by atomic mass is 16.5. The second-order valence-electron chi connectivity index (χ2n) is 4.97. The van der Waals surface area contributed by atoms with Crippen LogP contribution in [0, 0.1) is 11.3 Å². The van der Waals surface area contributed by atoms with Crippen LogP contribution in [0.15, 0.2) is 30.3 Å². The van der Waals surface area contributed by atoms with Crippen LogP contribution in [0.5, 0.6) is 0 Å². The predicted molar refractivity (Wildman–Crippen MR) is 72.4 cm³/mol. The normalized spacial score (nSPS) is 25.7. The lowest BCUT2D eigenvalue weighted by atomic mass is 9.99. The van der Waals surface area contributed by atoms with E-state index in [2.05, 4.69) is 30.0 Å². The molecule has 1 aromatic rings. The molecule has 3 unspecified atom stereocenters. The van der Waals surface area contributed by atoms with Crippen molar-refractivity contribution in [1.29, 1.82) is 5.26 Å². The lowest BCUT2D eigenvalue weighted by molar-refractivity contribution is -0.0913. The first-order valence-corrected chi connectivity index (χ1v) is 6.66. The highest BCUT2D eigenvalue weighted by Gasteiger charge is 2.31. The molecule has 4 heteroatoms. The van der Waals surface area contributed by atoms with Crippen molar-refractivity contribution in [2.75, 3.05) is 19.8 Å². The summed E-state index contributed by atoms with van der Waals surface area (Å²) in [7, 11) is 0. The van der Waals surface area contributed by atoms with Crippen LogP contribution >= 0.6 is 0 Å². The molecule has 2 rings (SSSR count). The summed E-state index contributed by atoms with van der Waals surface area (Å²) >= 11 is 0. The van der Waals surface area contributed by atoms with E-state index in [-0.39, 0.29) is 24.8 Å². The average molecular weight is 260 g/mol. The van der Waals surface area contributed by atoms with Crippen molar-refractivity contribution >= 4 is 0 Å². The Morgan fingerprint density at radius 3 is 2.84 bits per heavy atom. The molecule has 1 fully saturated rings. The number of aliphatic hydroxyl groups excluding tert-OH is 1. The molecule has 0 radical (unpaired) electrons. The standard InChI is InChI=1S/C15H20N2O2/c1-12-11-19-14(10-18)9-17(12)15(7-8-16)13-5-3-2-4-6-13/h2-6,12,14-15,18H,7,9-11H2,1H3. The summed E-state index contributed by atoms with van der Waals surface area (Å²) in [5.74, 6) is 0. The number of rotatable bonds is 4. The third-order valence-corrected chi connectivity index (χ3v) is 3.63. The smallest absolute Gasteiger partial charge is 0.0933 e. The predicted octanol–water partition coefficient (Wildman–Crippen LogP) is 1.72. The van der Waals surface area contributed by atoms with E-state index in [1.165, 1.54) is 0 Å². The topological polar surface area (TPSA) is 56.5 Å².